The summed E-state index contributed by atoms with van der Waals surface area (Å²) in [6.07, 6.45) is 5.65. The number of H-pyrrole nitrogens is 1. The molecule has 1 aromatic rings. The summed E-state index contributed by atoms with van der Waals surface area (Å²) in [6.45, 7) is 2.23. The second kappa shape index (κ2) is 5.48. The molecule has 1 saturated carbocycles. The van der Waals surface area contributed by atoms with Crippen molar-refractivity contribution in [3.63, 3.8) is 0 Å². The Kier molecular flexibility index (Phi) is 3.96. The number of nitrogens with two attached hydrogens (primary N) is 1. The lowest BCUT2D eigenvalue weighted by molar-refractivity contribution is -0.121. The first-order valence-corrected chi connectivity index (χ1v) is 6.62. The molecule has 0 bridgehead atoms. The maximum absolute atomic E-state index is 12.1. The predicted molar refractivity (Wildman–Crippen MR) is 74.2 cm³/mol. The number of nitrogens with zero attached hydrogens (tertiary/aromatic N) is 1. The van der Waals surface area contributed by atoms with Crippen LogP contribution >= 0.6 is 12.2 Å². The zero-order valence-electron chi connectivity index (χ0n) is 10.4. The Hall–Kier alpha value is -1.43. The molecule has 0 atom stereocenters. The smallest absolute Gasteiger partial charge is 0.228 e. The number of aromatic amines is 1. The van der Waals surface area contributed by atoms with Gasteiger partial charge in [-0.3, -0.25) is 9.89 Å². The molecular formula is C12H18N4OS. The summed E-state index contributed by atoms with van der Waals surface area (Å²) in [6, 6.07) is 0. The lowest BCUT2D eigenvalue weighted by Crippen LogP contribution is -2.27. The van der Waals surface area contributed by atoms with Crippen LogP contribution in [0.4, 0.5) is 5.82 Å². The quantitative estimate of drug-likeness (QED) is 0.728. The number of thiocarbonyl (C=S) groups is 1. The van der Waals surface area contributed by atoms with Gasteiger partial charge in [0.15, 0.2) is 0 Å². The van der Waals surface area contributed by atoms with E-state index >= 15 is 0 Å². The number of carbonyl (C=O) groups excluding carboxylic acids is 1. The summed E-state index contributed by atoms with van der Waals surface area (Å²) in [5, 5.41) is 9.39. The van der Waals surface area contributed by atoms with E-state index in [0.717, 1.165) is 31.6 Å². The van der Waals surface area contributed by atoms with Crippen LogP contribution in [0.1, 0.15) is 38.2 Å². The number of hydrogen-bond acceptors (Lipinski definition) is 3. The number of aromatic nitrogens is 2. The van der Waals surface area contributed by atoms with Crippen LogP contribution in [0.5, 0.6) is 0 Å². The third kappa shape index (κ3) is 2.87. The van der Waals surface area contributed by atoms with Crippen molar-refractivity contribution in [2.45, 2.75) is 32.6 Å². The van der Waals surface area contributed by atoms with Gasteiger partial charge < -0.3 is 11.1 Å². The average molecular weight is 266 g/mol. The monoisotopic (exact) mass is 266 g/mol. The minimum atomic E-state index is 0.0312. The van der Waals surface area contributed by atoms with Gasteiger partial charge in [0.05, 0.1) is 11.8 Å². The molecule has 1 amide bonds. The van der Waals surface area contributed by atoms with E-state index in [1.165, 1.54) is 6.20 Å². The fourth-order valence-corrected chi connectivity index (χ4v) is 2.47. The highest BCUT2D eigenvalue weighted by atomic mass is 32.1. The van der Waals surface area contributed by atoms with Crippen LogP contribution in [0.25, 0.3) is 0 Å². The van der Waals surface area contributed by atoms with Crippen molar-refractivity contribution >= 4 is 28.9 Å². The molecule has 5 nitrogen and oxygen atoms in total. The van der Waals surface area contributed by atoms with Crippen LogP contribution in [0.15, 0.2) is 6.20 Å². The normalized spacial score (nSPS) is 23.6. The lowest BCUT2D eigenvalue weighted by Gasteiger charge is -2.25. The van der Waals surface area contributed by atoms with E-state index in [2.05, 4.69) is 22.4 Å². The summed E-state index contributed by atoms with van der Waals surface area (Å²) >= 11 is 4.89. The number of carbonyl (C=O) groups is 1. The standard InChI is InChI=1S/C12H18N4OS/c1-7-2-4-8(5-3-7)12(17)15-11-9(10(13)18)6-14-16-11/h6-8H,2-5H2,1H3,(H2,13,18)(H2,14,15,16,17). The third-order valence-corrected chi connectivity index (χ3v) is 3.76. The van der Waals surface area contributed by atoms with E-state index in [0.29, 0.717) is 11.4 Å². The number of hydrogen-bond donors (Lipinski definition) is 3. The Bertz CT molecular complexity index is 449. The SMILES string of the molecule is CC1CCC(C(=O)Nc2[nH]ncc2C(N)=S)CC1. The second-order valence-electron chi connectivity index (χ2n) is 4.97. The zero-order valence-corrected chi connectivity index (χ0v) is 11.2. The van der Waals surface area contributed by atoms with Gasteiger partial charge in [-0.2, -0.15) is 5.10 Å². The van der Waals surface area contributed by atoms with Crippen molar-refractivity contribution in [3.8, 4) is 0 Å². The molecule has 1 fully saturated rings. The Balaban J connectivity index is 1.98. The van der Waals surface area contributed by atoms with Gasteiger partial charge in [0.25, 0.3) is 0 Å². The average Bonchev–Trinajstić information content (AvgIpc) is 2.78. The van der Waals surface area contributed by atoms with Gasteiger partial charge in [0, 0.05) is 5.92 Å². The number of anilines is 1. The molecule has 0 saturated heterocycles. The van der Waals surface area contributed by atoms with Crippen LogP contribution in [-0.2, 0) is 4.79 Å². The Morgan fingerprint density at radius 3 is 2.78 bits per heavy atom. The van der Waals surface area contributed by atoms with Crippen molar-refractivity contribution in [2.24, 2.45) is 17.6 Å². The van der Waals surface area contributed by atoms with E-state index in [4.69, 9.17) is 18.0 Å². The first-order valence-electron chi connectivity index (χ1n) is 6.22. The highest BCUT2D eigenvalue weighted by molar-refractivity contribution is 7.80. The first kappa shape index (κ1) is 13.0. The van der Waals surface area contributed by atoms with Crippen molar-refractivity contribution in [2.75, 3.05) is 5.32 Å². The number of rotatable bonds is 3. The molecule has 4 N–H and O–H groups in total. The highest BCUT2D eigenvalue weighted by Crippen LogP contribution is 2.29. The fourth-order valence-electron chi connectivity index (χ4n) is 2.32. The van der Waals surface area contributed by atoms with E-state index in [1.807, 2.05) is 0 Å². The maximum Gasteiger partial charge on any atom is 0.228 e. The summed E-state index contributed by atoms with van der Waals surface area (Å²) < 4.78 is 0. The van der Waals surface area contributed by atoms with Crippen molar-refractivity contribution < 1.29 is 4.79 Å². The van der Waals surface area contributed by atoms with Gasteiger partial charge in [-0.05, 0) is 31.6 Å². The minimum absolute atomic E-state index is 0.0312. The third-order valence-electron chi connectivity index (χ3n) is 3.54. The Morgan fingerprint density at radius 1 is 1.50 bits per heavy atom. The lowest BCUT2D eigenvalue weighted by atomic mass is 9.82. The first-order chi connectivity index (χ1) is 8.58. The minimum Gasteiger partial charge on any atom is -0.389 e. The summed E-state index contributed by atoms with van der Waals surface area (Å²) in [5.41, 5.74) is 6.14. The van der Waals surface area contributed by atoms with Crippen LogP contribution in [0.2, 0.25) is 0 Å². The predicted octanol–water partition coefficient (Wildman–Crippen LogP) is 1.81. The highest BCUT2D eigenvalue weighted by Gasteiger charge is 2.25. The van der Waals surface area contributed by atoms with Gasteiger partial charge in [0.1, 0.15) is 10.8 Å². The van der Waals surface area contributed by atoms with Crippen molar-refractivity contribution in [3.05, 3.63) is 11.8 Å². The van der Waals surface area contributed by atoms with Crippen molar-refractivity contribution in [1.29, 1.82) is 0 Å². The van der Waals surface area contributed by atoms with E-state index in [-0.39, 0.29) is 16.8 Å². The molecular weight excluding hydrogens is 248 g/mol. The van der Waals surface area contributed by atoms with Crippen LogP contribution in [-0.4, -0.2) is 21.1 Å². The Morgan fingerprint density at radius 2 is 2.17 bits per heavy atom. The van der Waals surface area contributed by atoms with Crippen LogP contribution < -0.4 is 11.1 Å². The molecule has 0 spiro atoms. The van der Waals surface area contributed by atoms with Gasteiger partial charge in [0.2, 0.25) is 5.91 Å². The van der Waals surface area contributed by atoms with Gasteiger partial charge in [-0.1, -0.05) is 19.1 Å². The molecule has 1 aliphatic rings. The maximum atomic E-state index is 12.1. The summed E-state index contributed by atoms with van der Waals surface area (Å²) in [5.74, 6) is 1.35. The van der Waals surface area contributed by atoms with E-state index in [9.17, 15) is 4.79 Å². The Labute approximate surface area is 112 Å². The fraction of sp³-hybridized carbons (Fsp3) is 0.583. The summed E-state index contributed by atoms with van der Waals surface area (Å²) in [7, 11) is 0. The molecule has 0 aliphatic heterocycles. The molecule has 0 unspecified atom stereocenters. The van der Waals surface area contributed by atoms with Crippen LogP contribution in [0, 0.1) is 11.8 Å². The molecule has 0 aromatic carbocycles. The zero-order chi connectivity index (χ0) is 13.1. The van der Waals surface area contributed by atoms with E-state index in [1.54, 1.807) is 0 Å². The van der Waals surface area contributed by atoms with Crippen LogP contribution in [0.3, 0.4) is 0 Å². The molecule has 6 heteroatoms. The van der Waals surface area contributed by atoms with E-state index < -0.39 is 0 Å². The molecule has 98 valence electrons. The second-order valence-corrected chi connectivity index (χ2v) is 5.41. The molecule has 18 heavy (non-hydrogen) atoms. The molecule has 1 aliphatic carbocycles. The van der Waals surface area contributed by atoms with Crippen molar-refractivity contribution in [1.82, 2.24) is 10.2 Å². The number of amides is 1. The van der Waals surface area contributed by atoms with Gasteiger partial charge in [-0.15, -0.1) is 0 Å². The molecule has 1 aromatic heterocycles. The number of nitrogens with one attached hydrogen (secondary N) is 2. The largest absolute Gasteiger partial charge is 0.389 e. The summed E-state index contributed by atoms with van der Waals surface area (Å²) in [4.78, 5) is 12.3. The molecule has 1 heterocycles. The van der Waals surface area contributed by atoms with Gasteiger partial charge >= 0.3 is 0 Å². The van der Waals surface area contributed by atoms with Gasteiger partial charge in [-0.25, -0.2) is 0 Å². The molecule has 2 rings (SSSR count). The topological polar surface area (TPSA) is 83.8 Å². The molecule has 0 radical (unpaired) electrons.